The van der Waals surface area contributed by atoms with Gasteiger partial charge in [0.2, 0.25) is 5.91 Å². The number of nitrogens with zero attached hydrogens (tertiary/aromatic N) is 1. The summed E-state index contributed by atoms with van der Waals surface area (Å²) in [5.74, 6) is 0.105. The monoisotopic (exact) mass is 233 g/mol. The lowest BCUT2D eigenvalue weighted by Gasteiger charge is -2.25. The van der Waals surface area contributed by atoms with Gasteiger partial charge in [0, 0.05) is 13.0 Å². The molecule has 1 aromatic rings. The molecule has 1 aliphatic heterocycles. The molecule has 0 N–H and O–H groups in total. The Balaban J connectivity index is 1.85. The SMILES string of the molecule is Cc1ccccc1CCC(=O)N1CCCCO1. The van der Waals surface area contributed by atoms with Crippen LogP contribution in [0.4, 0.5) is 0 Å². The predicted octanol–water partition coefficient (Wildman–Crippen LogP) is 2.48. The van der Waals surface area contributed by atoms with Gasteiger partial charge in [0.25, 0.3) is 0 Å². The van der Waals surface area contributed by atoms with Crippen LogP contribution in [0.25, 0.3) is 0 Å². The molecule has 1 fully saturated rings. The molecule has 3 nitrogen and oxygen atoms in total. The molecular formula is C14H19NO2. The van der Waals surface area contributed by atoms with Crippen LogP contribution >= 0.6 is 0 Å². The summed E-state index contributed by atoms with van der Waals surface area (Å²) in [7, 11) is 0. The fraction of sp³-hybridized carbons (Fsp3) is 0.500. The summed E-state index contributed by atoms with van der Waals surface area (Å²) in [6, 6.07) is 8.20. The molecule has 0 saturated carbocycles. The highest BCUT2D eigenvalue weighted by atomic mass is 16.7. The van der Waals surface area contributed by atoms with Gasteiger partial charge in [-0.2, -0.15) is 0 Å². The molecule has 0 atom stereocenters. The fourth-order valence-electron chi connectivity index (χ4n) is 2.05. The van der Waals surface area contributed by atoms with Crippen molar-refractivity contribution in [1.29, 1.82) is 0 Å². The topological polar surface area (TPSA) is 29.5 Å². The first-order chi connectivity index (χ1) is 8.27. The molecule has 0 spiro atoms. The van der Waals surface area contributed by atoms with Gasteiger partial charge in [-0.15, -0.1) is 0 Å². The molecule has 0 unspecified atom stereocenters. The molecule has 2 rings (SSSR count). The summed E-state index contributed by atoms with van der Waals surface area (Å²) < 4.78 is 0. The lowest BCUT2D eigenvalue weighted by atomic mass is 10.0. The lowest BCUT2D eigenvalue weighted by molar-refractivity contribution is -0.197. The number of aryl methyl sites for hydroxylation is 2. The molecule has 1 saturated heterocycles. The molecule has 1 amide bonds. The Labute approximate surface area is 102 Å². The van der Waals surface area contributed by atoms with Gasteiger partial charge in [-0.25, -0.2) is 5.06 Å². The van der Waals surface area contributed by atoms with Crippen molar-refractivity contribution in [1.82, 2.24) is 5.06 Å². The molecule has 3 heteroatoms. The predicted molar refractivity (Wildman–Crippen MR) is 66.4 cm³/mol. The fourth-order valence-corrected chi connectivity index (χ4v) is 2.05. The number of hydrogen-bond donors (Lipinski definition) is 0. The molecular weight excluding hydrogens is 214 g/mol. The van der Waals surface area contributed by atoms with Crippen molar-refractivity contribution in [3.63, 3.8) is 0 Å². The average Bonchev–Trinajstić information content (AvgIpc) is 2.38. The minimum atomic E-state index is 0.105. The third-order valence-electron chi connectivity index (χ3n) is 3.15. The van der Waals surface area contributed by atoms with Crippen LogP contribution in [0.5, 0.6) is 0 Å². The van der Waals surface area contributed by atoms with Crippen molar-refractivity contribution in [2.75, 3.05) is 13.2 Å². The van der Waals surface area contributed by atoms with Gasteiger partial charge in [0.15, 0.2) is 0 Å². The first kappa shape index (κ1) is 12.1. The van der Waals surface area contributed by atoms with Crippen LogP contribution in [0.1, 0.15) is 30.4 Å². The molecule has 0 bridgehead atoms. The smallest absolute Gasteiger partial charge is 0.246 e. The number of carbonyl (C=O) groups excluding carboxylic acids is 1. The van der Waals surface area contributed by atoms with E-state index < -0.39 is 0 Å². The minimum Gasteiger partial charge on any atom is -0.273 e. The molecule has 0 aliphatic carbocycles. The summed E-state index contributed by atoms with van der Waals surface area (Å²) in [6.45, 7) is 3.50. The van der Waals surface area contributed by atoms with E-state index in [0.29, 0.717) is 13.0 Å². The minimum absolute atomic E-state index is 0.105. The van der Waals surface area contributed by atoms with Gasteiger partial charge >= 0.3 is 0 Å². The van der Waals surface area contributed by atoms with Crippen molar-refractivity contribution in [3.8, 4) is 0 Å². The zero-order valence-corrected chi connectivity index (χ0v) is 10.3. The van der Waals surface area contributed by atoms with Crippen LogP contribution in [0, 0.1) is 6.92 Å². The normalized spacial score (nSPS) is 15.9. The van der Waals surface area contributed by atoms with Crippen LogP contribution in [-0.4, -0.2) is 24.1 Å². The summed E-state index contributed by atoms with van der Waals surface area (Å²) in [5, 5.41) is 1.53. The second kappa shape index (κ2) is 5.82. The van der Waals surface area contributed by atoms with Gasteiger partial charge in [0.1, 0.15) is 0 Å². The third-order valence-corrected chi connectivity index (χ3v) is 3.15. The van der Waals surface area contributed by atoms with E-state index in [-0.39, 0.29) is 5.91 Å². The molecule has 1 heterocycles. The van der Waals surface area contributed by atoms with E-state index in [1.165, 1.54) is 16.2 Å². The Kier molecular flexibility index (Phi) is 4.15. The molecule has 0 aromatic heterocycles. The van der Waals surface area contributed by atoms with E-state index in [2.05, 4.69) is 19.1 Å². The Bertz CT molecular complexity index is 384. The van der Waals surface area contributed by atoms with E-state index in [1.807, 2.05) is 12.1 Å². The maximum atomic E-state index is 11.9. The maximum Gasteiger partial charge on any atom is 0.246 e. The Morgan fingerprint density at radius 3 is 2.88 bits per heavy atom. The molecule has 92 valence electrons. The van der Waals surface area contributed by atoms with Crippen molar-refractivity contribution < 1.29 is 9.63 Å². The lowest BCUT2D eigenvalue weighted by Crippen LogP contribution is -2.35. The van der Waals surface area contributed by atoms with Crippen LogP contribution in [0.3, 0.4) is 0 Å². The quantitative estimate of drug-likeness (QED) is 0.802. The van der Waals surface area contributed by atoms with Crippen molar-refractivity contribution in [2.45, 2.75) is 32.6 Å². The van der Waals surface area contributed by atoms with E-state index in [0.717, 1.165) is 25.8 Å². The van der Waals surface area contributed by atoms with Gasteiger partial charge in [0.05, 0.1) is 6.61 Å². The highest BCUT2D eigenvalue weighted by Crippen LogP contribution is 2.12. The maximum absolute atomic E-state index is 11.9. The Morgan fingerprint density at radius 1 is 1.35 bits per heavy atom. The number of benzene rings is 1. The van der Waals surface area contributed by atoms with E-state index in [9.17, 15) is 4.79 Å². The molecule has 1 aliphatic rings. The molecule has 17 heavy (non-hydrogen) atoms. The van der Waals surface area contributed by atoms with E-state index in [1.54, 1.807) is 0 Å². The van der Waals surface area contributed by atoms with Crippen molar-refractivity contribution in [2.24, 2.45) is 0 Å². The summed E-state index contributed by atoms with van der Waals surface area (Å²) in [6.07, 6.45) is 3.44. The van der Waals surface area contributed by atoms with Gasteiger partial charge in [-0.05, 0) is 37.3 Å². The second-order valence-electron chi connectivity index (χ2n) is 4.46. The van der Waals surface area contributed by atoms with Crippen molar-refractivity contribution in [3.05, 3.63) is 35.4 Å². The molecule has 0 radical (unpaired) electrons. The zero-order chi connectivity index (χ0) is 12.1. The second-order valence-corrected chi connectivity index (χ2v) is 4.46. The number of hydrogen-bond acceptors (Lipinski definition) is 2. The van der Waals surface area contributed by atoms with Gasteiger partial charge in [-0.1, -0.05) is 24.3 Å². The van der Waals surface area contributed by atoms with Gasteiger partial charge in [-0.3, -0.25) is 9.63 Å². The van der Waals surface area contributed by atoms with Crippen LogP contribution in [0.15, 0.2) is 24.3 Å². The Morgan fingerprint density at radius 2 is 2.18 bits per heavy atom. The zero-order valence-electron chi connectivity index (χ0n) is 10.3. The summed E-state index contributed by atoms with van der Waals surface area (Å²) in [4.78, 5) is 17.2. The van der Waals surface area contributed by atoms with Crippen molar-refractivity contribution >= 4 is 5.91 Å². The summed E-state index contributed by atoms with van der Waals surface area (Å²) >= 11 is 0. The number of carbonyl (C=O) groups is 1. The van der Waals surface area contributed by atoms with Gasteiger partial charge < -0.3 is 0 Å². The Hall–Kier alpha value is -1.35. The van der Waals surface area contributed by atoms with Crippen LogP contribution < -0.4 is 0 Å². The van der Waals surface area contributed by atoms with E-state index in [4.69, 9.17) is 4.84 Å². The highest BCUT2D eigenvalue weighted by Gasteiger charge is 2.17. The number of amides is 1. The summed E-state index contributed by atoms with van der Waals surface area (Å²) in [5.41, 5.74) is 2.50. The third kappa shape index (κ3) is 3.30. The largest absolute Gasteiger partial charge is 0.273 e. The average molecular weight is 233 g/mol. The molecule has 1 aromatic carbocycles. The number of rotatable bonds is 3. The first-order valence-corrected chi connectivity index (χ1v) is 6.25. The van der Waals surface area contributed by atoms with E-state index >= 15 is 0 Å². The highest BCUT2D eigenvalue weighted by molar-refractivity contribution is 5.75. The van der Waals surface area contributed by atoms with Crippen LogP contribution in [-0.2, 0) is 16.1 Å². The standard InChI is InChI=1S/C14H19NO2/c1-12-6-2-3-7-13(12)8-9-14(16)15-10-4-5-11-17-15/h2-3,6-7H,4-5,8-11H2,1H3. The first-order valence-electron chi connectivity index (χ1n) is 6.25. The number of hydroxylamine groups is 2. The van der Waals surface area contributed by atoms with Crippen LogP contribution in [0.2, 0.25) is 0 Å².